The van der Waals surface area contributed by atoms with E-state index < -0.39 is 0 Å². The number of nitrogens with zero attached hydrogens (tertiary/aromatic N) is 3. The number of anilines is 1. The molecule has 0 fully saturated rings. The number of carbonyl (C=O) groups is 1. The van der Waals surface area contributed by atoms with Gasteiger partial charge in [0.1, 0.15) is 5.75 Å². The summed E-state index contributed by atoms with van der Waals surface area (Å²) in [6, 6.07) is 13.2. The second-order valence-corrected chi connectivity index (χ2v) is 8.14. The molecule has 1 aromatic heterocycles. The highest BCUT2D eigenvalue weighted by atomic mass is 35.5. The highest BCUT2D eigenvalue weighted by molar-refractivity contribution is 7.71. The Morgan fingerprint density at radius 3 is 2.61 bits per heavy atom. The third kappa shape index (κ3) is 5.74. The van der Waals surface area contributed by atoms with Crippen molar-refractivity contribution in [2.24, 2.45) is 0 Å². The molecule has 0 radical (unpaired) electrons. The van der Waals surface area contributed by atoms with Gasteiger partial charge in [-0.1, -0.05) is 31.0 Å². The molecule has 0 atom stereocenters. The fourth-order valence-corrected chi connectivity index (χ4v) is 3.69. The molecular weight excluding hydrogens is 432 g/mol. The van der Waals surface area contributed by atoms with Gasteiger partial charge in [-0.2, -0.15) is 5.10 Å². The molecule has 6 nitrogen and oxygen atoms in total. The average molecular weight is 459 g/mol. The molecule has 0 aliphatic carbocycles. The lowest BCUT2D eigenvalue weighted by atomic mass is 10.2. The Labute approximate surface area is 192 Å². The maximum absolute atomic E-state index is 12.6. The molecule has 1 N–H and O–H groups in total. The molecule has 164 valence electrons. The first-order chi connectivity index (χ1) is 14.9. The number of amides is 1. The van der Waals surface area contributed by atoms with E-state index in [0.717, 1.165) is 36.3 Å². The quantitative estimate of drug-likeness (QED) is 0.407. The Hall–Kier alpha value is -2.64. The first kappa shape index (κ1) is 23.0. The smallest absolute Gasteiger partial charge is 0.226 e. The van der Waals surface area contributed by atoms with Crippen LogP contribution in [-0.2, 0) is 17.9 Å². The van der Waals surface area contributed by atoms with E-state index in [4.69, 9.17) is 33.7 Å². The summed E-state index contributed by atoms with van der Waals surface area (Å²) in [5, 5.41) is 8.31. The Morgan fingerprint density at radius 1 is 1.19 bits per heavy atom. The minimum atomic E-state index is -0.123. The van der Waals surface area contributed by atoms with Crippen molar-refractivity contribution in [2.45, 2.75) is 46.2 Å². The summed E-state index contributed by atoms with van der Waals surface area (Å²) in [5.74, 6) is 1.29. The number of hydrogen-bond donors (Lipinski definition) is 1. The van der Waals surface area contributed by atoms with Crippen LogP contribution in [-0.4, -0.2) is 27.4 Å². The number of rotatable bonds is 9. The van der Waals surface area contributed by atoms with E-state index in [1.54, 1.807) is 11.8 Å². The summed E-state index contributed by atoms with van der Waals surface area (Å²) >= 11 is 11.7. The number of aryl methyl sites for hydroxylation is 2. The Balaban J connectivity index is 1.78. The molecule has 0 saturated heterocycles. The maximum atomic E-state index is 12.6. The van der Waals surface area contributed by atoms with Crippen molar-refractivity contribution in [3.8, 4) is 17.1 Å². The molecule has 8 heteroatoms. The summed E-state index contributed by atoms with van der Waals surface area (Å²) in [5.41, 5.74) is 2.64. The lowest BCUT2D eigenvalue weighted by Gasteiger charge is -2.11. The van der Waals surface area contributed by atoms with Crippen LogP contribution < -0.4 is 10.1 Å². The lowest BCUT2D eigenvalue weighted by molar-refractivity contribution is -0.116. The third-order valence-electron chi connectivity index (χ3n) is 4.94. The van der Waals surface area contributed by atoms with Crippen molar-refractivity contribution in [3.63, 3.8) is 0 Å². The minimum Gasteiger partial charge on any atom is -0.495 e. The van der Waals surface area contributed by atoms with Crippen LogP contribution in [0, 0.1) is 11.7 Å². The van der Waals surface area contributed by atoms with Gasteiger partial charge < -0.3 is 10.1 Å². The zero-order valence-corrected chi connectivity index (χ0v) is 19.6. The van der Waals surface area contributed by atoms with Gasteiger partial charge in [0, 0.05) is 23.6 Å². The number of aromatic nitrogens is 3. The minimum absolute atomic E-state index is 0.123. The average Bonchev–Trinajstić information content (AvgIpc) is 3.07. The van der Waals surface area contributed by atoms with Crippen molar-refractivity contribution >= 4 is 35.4 Å². The number of benzene rings is 2. The number of methoxy groups -OCH3 is 1. The zero-order chi connectivity index (χ0) is 22.4. The molecule has 0 bridgehead atoms. The van der Waals surface area contributed by atoms with E-state index in [-0.39, 0.29) is 12.3 Å². The van der Waals surface area contributed by atoms with Gasteiger partial charge in [0.05, 0.1) is 19.3 Å². The number of ether oxygens (including phenoxy) is 1. The standard InChI is InChI=1S/C23H27ClN4O2S/c1-4-5-13-27-22(17-7-9-18(24)10-8-17)26-28(23(27)31)14-12-21(29)25-19-15-16(2)6-11-20(19)30-3/h6-11,15H,4-5,12-14H2,1-3H3,(H,25,29). The van der Waals surface area contributed by atoms with Crippen LogP contribution in [0.3, 0.4) is 0 Å². The fraction of sp³-hybridized carbons (Fsp3) is 0.348. The first-order valence-electron chi connectivity index (χ1n) is 10.3. The van der Waals surface area contributed by atoms with Crippen molar-refractivity contribution in [1.82, 2.24) is 14.3 Å². The van der Waals surface area contributed by atoms with Gasteiger partial charge in [0.15, 0.2) is 10.6 Å². The van der Waals surface area contributed by atoms with Gasteiger partial charge >= 0.3 is 0 Å². The number of carbonyl (C=O) groups excluding carboxylic acids is 1. The van der Waals surface area contributed by atoms with E-state index in [1.807, 2.05) is 54.0 Å². The van der Waals surface area contributed by atoms with E-state index in [1.165, 1.54) is 0 Å². The molecular formula is C23H27ClN4O2S. The molecule has 2 aromatic carbocycles. The topological polar surface area (TPSA) is 61.1 Å². The van der Waals surface area contributed by atoms with E-state index in [2.05, 4.69) is 12.2 Å². The van der Waals surface area contributed by atoms with Gasteiger partial charge in [0.25, 0.3) is 0 Å². The van der Waals surface area contributed by atoms with Gasteiger partial charge in [-0.3, -0.25) is 9.36 Å². The highest BCUT2D eigenvalue weighted by Crippen LogP contribution is 2.25. The van der Waals surface area contributed by atoms with Gasteiger partial charge in [-0.25, -0.2) is 4.68 Å². The monoisotopic (exact) mass is 458 g/mol. The molecule has 0 unspecified atom stereocenters. The van der Waals surface area contributed by atoms with E-state index in [9.17, 15) is 4.79 Å². The van der Waals surface area contributed by atoms with Crippen LogP contribution in [0.25, 0.3) is 11.4 Å². The van der Waals surface area contributed by atoms with Crippen LogP contribution in [0.1, 0.15) is 31.7 Å². The number of nitrogens with one attached hydrogen (secondary N) is 1. The second kappa shape index (κ2) is 10.6. The van der Waals surface area contributed by atoms with Crippen LogP contribution in [0.15, 0.2) is 42.5 Å². The van der Waals surface area contributed by atoms with Gasteiger partial charge in [-0.05, 0) is 67.5 Å². The molecule has 1 heterocycles. The summed E-state index contributed by atoms with van der Waals surface area (Å²) in [4.78, 5) is 12.6. The number of hydrogen-bond acceptors (Lipinski definition) is 4. The molecule has 0 spiro atoms. The van der Waals surface area contributed by atoms with Crippen LogP contribution in [0.2, 0.25) is 5.02 Å². The normalized spacial score (nSPS) is 10.8. The molecule has 31 heavy (non-hydrogen) atoms. The molecule has 3 rings (SSSR count). The summed E-state index contributed by atoms with van der Waals surface area (Å²) in [6.07, 6.45) is 2.29. The summed E-state index contributed by atoms with van der Waals surface area (Å²) in [6.45, 7) is 5.27. The second-order valence-electron chi connectivity index (χ2n) is 7.34. The van der Waals surface area contributed by atoms with Crippen LogP contribution >= 0.6 is 23.8 Å². The van der Waals surface area contributed by atoms with E-state index in [0.29, 0.717) is 27.8 Å². The fourth-order valence-electron chi connectivity index (χ4n) is 3.26. The number of halogens is 1. The molecule has 0 saturated carbocycles. The van der Waals surface area contributed by atoms with Crippen molar-refractivity contribution in [2.75, 3.05) is 12.4 Å². The zero-order valence-electron chi connectivity index (χ0n) is 18.0. The third-order valence-corrected chi connectivity index (χ3v) is 5.62. The van der Waals surface area contributed by atoms with Crippen molar-refractivity contribution in [3.05, 3.63) is 57.8 Å². The SMILES string of the molecule is CCCCn1c(-c2ccc(Cl)cc2)nn(CCC(=O)Nc2cc(C)ccc2OC)c1=S. The number of unbranched alkanes of at least 4 members (excludes halogenated alkanes) is 1. The highest BCUT2D eigenvalue weighted by Gasteiger charge is 2.14. The Bertz CT molecular complexity index is 1110. The lowest BCUT2D eigenvalue weighted by Crippen LogP contribution is -2.16. The largest absolute Gasteiger partial charge is 0.495 e. The Morgan fingerprint density at radius 2 is 1.94 bits per heavy atom. The van der Waals surface area contributed by atoms with Crippen LogP contribution in [0.5, 0.6) is 5.75 Å². The Kier molecular flexibility index (Phi) is 7.87. The summed E-state index contributed by atoms with van der Waals surface area (Å²) < 4.78 is 9.70. The molecule has 0 aliphatic heterocycles. The van der Waals surface area contributed by atoms with Crippen LogP contribution in [0.4, 0.5) is 5.69 Å². The molecule has 0 aliphatic rings. The predicted octanol–water partition coefficient (Wildman–Crippen LogP) is 5.88. The molecule has 1 amide bonds. The van der Waals surface area contributed by atoms with Gasteiger partial charge in [-0.15, -0.1) is 0 Å². The predicted molar refractivity (Wildman–Crippen MR) is 127 cm³/mol. The van der Waals surface area contributed by atoms with Gasteiger partial charge in [0.2, 0.25) is 5.91 Å². The maximum Gasteiger partial charge on any atom is 0.226 e. The first-order valence-corrected chi connectivity index (χ1v) is 11.1. The van der Waals surface area contributed by atoms with E-state index >= 15 is 0 Å². The van der Waals surface area contributed by atoms with Crippen molar-refractivity contribution in [1.29, 1.82) is 0 Å². The summed E-state index contributed by atoms with van der Waals surface area (Å²) in [7, 11) is 1.58. The van der Waals surface area contributed by atoms with Crippen molar-refractivity contribution < 1.29 is 9.53 Å². The molecule has 3 aromatic rings.